The lowest BCUT2D eigenvalue weighted by molar-refractivity contribution is -0.120. The molecule has 18 heavy (non-hydrogen) atoms. The van der Waals surface area contributed by atoms with Crippen LogP contribution in [0.4, 0.5) is 4.39 Å². The number of hydrogen-bond donors (Lipinski definition) is 1. The van der Waals surface area contributed by atoms with Crippen molar-refractivity contribution >= 4 is 11.7 Å². The fraction of sp³-hybridized carbons (Fsp3) is 0.385. The molecule has 98 valence electrons. The quantitative estimate of drug-likeness (QED) is 0.870. The number of carbonyl (C=O) groups is 2. The number of carbonyl (C=O) groups excluding carboxylic acids is 2. The average molecular weight is 253 g/mol. The van der Waals surface area contributed by atoms with Crippen molar-refractivity contribution in [2.24, 2.45) is 5.92 Å². The lowest BCUT2D eigenvalue weighted by Gasteiger charge is -2.10. The van der Waals surface area contributed by atoms with Gasteiger partial charge in [-0.25, -0.2) is 4.39 Å². The zero-order valence-electron chi connectivity index (χ0n) is 10.6. The van der Waals surface area contributed by atoms with Gasteiger partial charge in [-0.15, -0.1) is 0 Å². The summed E-state index contributed by atoms with van der Waals surface area (Å²) < 4.78 is 18.5. The van der Waals surface area contributed by atoms with E-state index in [1.54, 1.807) is 13.8 Å². The van der Waals surface area contributed by atoms with Gasteiger partial charge in [-0.3, -0.25) is 9.59 Å². The maximum atomic E-state index is 13.5. The molecule has 1 aromatic carbocycles. The van der Waals surface area contributed by atoms with E-state index in [4.69, 9.17) is 4.74 Å². The highest BCUT2D eigenvalue weighted by Crippen LogP contribution is 2.20. The minimum atomic E-state index is -0.677. The Balaban J connectivity index is 2.82. The van der Waals surface area contributed by atoms with Crippen molar-refractivity contribution < 1.29 is 18.7 Å². The number of benzene rings is 1. The number of ketones is 1. The van der Waals surface area contributed by atoms with Crippen molar-refractivity contribution in [1.29, 1.82) is 0 Å². The average Bonchev–Trinajstić information content (AvgIpc) is 2.34. The number of nitrogens with one attached hydrogen (secondary N) is 1. The third kappa shape index (κ3) is 3.29. The van der Waals surface area contributed by atoms with Gasteiger partial charge in [0.25, 0.3) is 5.91 Å². The Kier molecular flexibility index (Phi) is 4.83. The lowest BCUT2D eigenvalue weighted by Crippen LogP contribution is -2.32. The van der Waals surface area contributed by atoms with E-state index in [-0.39, 0.29) is 29.6 Å². The summed E-state index contributed by atoms with van der Waals surface area (Å²) in [5.74, 6) is -1.47. The highest BCUT2D eigenvalue weighted by atomic mass is 19.1. The Bertz CT molecular complexity index is 458. The van der Waals surface area contributed by atoms with Crippen molar-refractivity contribution in [3.8, 4) is 5.75 Å². The first-order chi connectivity index (χ1) is 8.47. The normalized spacial score (nSPS) is 10.3. The molecule has 1 aromatic rings. The van der Waals surface area contributed by atoms with E-state index in [0.717, 1.165) is 0 Å². The van der Waals surface area contributed by atoms with E-state index >= 15 is 0 Å². The molecule has 0 aliphatic carbocycles. The summed E-state index contributed by atoms with van der Waals surface area (Å²) in [6.45, 7) is 3.35. The molecule has 0 radical (unpaired) electrons. The molecule has 4 nitrogen and oxygen atoms in total. The Morgan fingerprint density at radius 1 is 1.39 bits per heavy atom. The van der Waals surface area contributed by atoms with Gasteiger partial charge in [0.1, 0.15) is 17.1 Å². The molecule has 1 rings (SSSR count). The van der Waals surface area contributed by atoms with Gasteiger partial charge in [0.15, 0.2) is 5.78 Å². The SMILES string of the molecule is COc1cccc(F)c1C(=O)NCC(=O)C(C)C. The summed E-state index contributed by atoms with van der Waals surface area (Å²) in [6, 6.07) is 4.11. The van der Waals surface area contributed by atoms with Gasteiger partial charge < -0.3 is 10.1 Å². The summed E-state index contributed by atoms with van der Waals surface area (Å²) in [7, 11) is 1.35. The largest absolute Gasteiger partial charge is 0.496 e. The molecule has 1 N–H and O–H groups in total. The number of amides is 1. The number of hydrogen-bond acceptors (Lipinski definition) is 3. The summed E-state index contributed by atoms with van der Waals surface area (Å²) >= 11 is 0. The molecular weight excluding hydrogens is 237 g/mol. The van der Waals surface area contributed by atoms with Crippen LogP contribution in [0.2, 0.25) is 0 Å². The van der Waals surface area contributed by atoms with Gasteiger partial charge in [-0.05, 0) is 12.1 Å². The Hall–Kier alpha value is -1.91. The number of Topliss-reactive ketones (excluding diaryl/α,β-unsaturated/α-hetero) is 1. The first-order valence-electron chi connectivity index (χ1n) is 5.60. The number of rotatable bonds is 5. The molecule has 0 spiro atoms. The highest BCUT2D eigenvalue weighted by Gasteiger charge is 2.18. The lowest BCUT2D eigenvalue weighted by atomic mass is 10.1. The van der Waals surface area contributed by atoms with Gasteiger partial charge in [0.2, 0.25) is 0 Å². The summed E-state index contributed by atoms with van der Waals surface area (Å²) in [5.41, 5.74) is -0.184. The standard InChI is InChI=1S/C13H16FNO3/c1-8(2)10(16)7-15-13(17)12-9(14)5-4-6-11(12)18-3/h4-6,8H,7H2,1-3H3,(H,15,17). The number of methoxy groups -OCH3 is 1. The van der Waals surface area contributed by atoms with Crippen LogP contribution >= 0.6 is 0 Å². The van der Waals surface area contributed by atoms with Crippen LogP contribution in [0.1, 0.15) is 24.2 Å². The van der Waals surface area contributed by atoms with Crippen molar-refractivity contribution in [2.75, 3.05) is 13.7 Å². The van der Waals surface area contributed by atoms with Crippen LogP contribution in [0.15, 0.2) is 18.2 Å². The van der Waals surface area contributed by atoms with Crippen molar-refractivity contribution in [2.45, 2.75) is 13.8 Å². The van der Waals surface area contributed by atoms with Crippen LogP contribution in [-0.2, 0) is 4.79 Å². The molecule has 0 fully saturated rings. The van der Waals surface area contributed by atoms with Crippen LogP contribution in [0.3, 0.4) is 0 Å². The molecule has 0 atom stereocenters. The summed E-state index contributed by atoms with van der Waals surface area (Å²) in [4.78, 5) is 23.2. The molecule has 0 saturated carbocycles. The van der Waals surface area contributed by atoms with E-state index in [2.05, 4.69) is 5.32 Å². The third-order valence-corrected chi connectivity index (χ3v) is 2.49. The summed E-state index contributed by atoms with van der Waals surface area (Å²) in [6.07, 6.45) is 0. The van der Waals surface area contributed by atoms with Crippen LogP contribution in [0.25, 0.3) is 0 Å². The number of halogens is 1. The zero-order valence-corrected chi connectivity index (χ0v) is 10.6. The van der Waals surface area contributed by atoms with Gasteiger partial charge >= 0.3 is 0 Å². The van der Waals surface area contributed by atoms with E-state index in [1.807, 2.05) is 0 Å². The second-order valence-electron chi connectivity index (χ2n) is 4.12. The minimum absolute atomic E-state index is 0.112. The highest BCUT2D eigenvalue weighted by molar-refractivity contribution is 5.99. The Morgan fingerprint density at radius 3 is 2.61 bits per heavy atom. The second-order valence-corrected chi connectivity index (χ2v) is 4.12. The zero-order chi connectivity index (χ0) is 13.7. The van der Waals surface area contributed by atoms with Crippen molar-refractivity contribution in [3.63, 3.8) is 0 Å². The van der Waals surface area contributed by atoms with Gasteiger partial charge in [0, 0.05) is 5.92 Å². The molecule has 0 aliphatic heterocycles. The molecule has 0 bridgehead atoms. The van der Waals surface area contributed by atoms with Crippen LogP contribution in [-0.4, -0.2) is 25.3 Å². The van der Waals surface area contributed by atoms with Gasteiger partial charge in [-0.1, -0.05) is 19.9 Å². The molecule has 0 aromatic heterocycles. The molecule has 0 unspecified atom stereocenters. The summed E-state index contributed by atoms with van der Waals surface area (Å²) in [5, 5.41) is 2.39. The van der Waals surface area contributed by atoms with Crippen molar-refractivity contribution in [1.82, 2.24) is 5.32 Å². The minimum Gasteiger partial charge on any atom is -0.496 e. The smallest absolute Gasteiger partial charge is 0.258 e. The first kappa shape index (κ1) is 14.2. The second kappa shape index (κ2) is 6.14. The molecule has 0 aliphatic rings. The maximum absolute atomic E-state index is 13.5. The van der Waals surface area contributed by atoms with E-state index < -0.39 is 11.7 Å². The molecule has 0 saturated heterocycles. The first-order valence-corrected chi connectivity index (χ1v) is 5.60. The topological polar surface area (TPSA) is 55.4 Å². The van der Waals surface area contributed by atoms with E-state index in [9.17, 15) is 14.0 Å². The maximum Gasteiger partial charge on any atom is 0.258 e. The molecule has 5 heteroatoms. The van der Waals surface area contributed by atoms with Gasteiger partial charge in [-0.2, -0.15) is 0 Å². The van der Waals surface area contributed by atoms with Crippen LogP contribution < -0.4 is 10.1 Å². The Labute approximate surface area is 105 Å². The molecule has 1 amide bonds. The number of ether oxygens (including phenoxy) is 1. The molecular formula is C13H16FNO3. The fourth-order valence-electron chi connectivity index (χ4n) is 1.35. The van der Waals surface area contributed by atoms with Crippen LogP contribution in [0.5, 0.6) is 5.75 Å². The van der Waals surface area contributed by atoms with Crippen molar-refractivity contribution in [3.05, 3.63) is 29.6 Å². The fourth-order valence-corrected chi connectivity index (χ4v) is 1.35. The van der Waals surface area contributed by atoms with Gasteiger partial charge in [0.05, 0.1) is 13.7 Å². The predicted octanol–water partition coefficient (Wildman–Crippen LogP) is 1.79. The van der Waals surface area contributed by atoms with E-state index in [1.165, 1.54) is 25.3 Å². The Morgan fingerprint density at radius 2 is 2.06 bits per heavy atom. The van der Waals surface area contributed by atoms with E-state index in [0.29, 0.717) is 0 Å². The molecule has 0 heterocycles. The third-order valence-electron chi connectivity index (χ3n) is 2.49. The predicted molar refractivity (Wildman–Crippen MR) is 65.1 cm³/mol. The monoisotopic (exact) mass is 253 g/mol. The van der Waals surface area contributed by atoms with Crippen LogP contribution in [0, 0.1) is 11.7 Å².